The van der Waals surface area contributed by atoms with Crippen LogP contribution in [0.2, 0.25) is 0 Å². The highest BCUT2D eigenvalue weighted by atomic mass is 32.2. The molecular weight excluding hydrogens is 276 g/mol. The Balaban J connectivity index is 2.38. The summed E-state index contributed by atoms with van der Waals surface area (Å²) in [5.41, 5.74) is 1.57. The first-order chi connectivity index (χ1) is 9.52. The van der Waals surface area contributed by atoms with Crippen molar-refractivity contribution >= 4 is 29.3 Å². The predicted octanol–water partition coefficient (Wildman–Crippen LogP) is 1.16. The Kier molecular flexibility index (Phi) is 7.11. The predicted molar refractivity (Wildman–Crippen MR) is 81.8 cm³/mol. The second kappa shape index (κ2) is 8.60. The van der Waals surface area contributed by atoms with Crippen molar-refractivity contribution in [2.45, 2.75) is 19.4 Å². The molecule has 0 saturated heterocycles. The van der Waals surface area contributed by atoms with E-state index < -0.39 is 17.9 Å². The molecule has 6 heteroatoms. The van der Waals surface area contributed by atoms with E-state index in [1.54, 1.807) is 30.0 Å². The standard InChI is InChI=1S/C14H20N2O3S/c1-10-4-3-5-11(8-10)16-14(19)13(18)15-9-12(17)6-7-20-2/h3-5,8,12,17H,6-7,9H2,1-2H3,(H,15,18)(H,16,19). The van der Waals surface area contributed by atoms with Gasteiger partial charge in [0.05, 0.1) is 6.10 Å². The van der Waals surface area contributed by atoms with Crippen LogP contribution in [0.4, 0.5) is 5.69 Å². The summed E-state index contributed by atoms with van der Waals surface area (Å²) >= 11 is 1.62. The Morgan fingerprint density at radius 3 is 2.75 bits per heavy atom. The first-order valence-electron chi connectivity index (χ1n) is 6.35. The molecule has 1 atom stereocenters. The van der Waals surface area contributed by atoms with E-state index in [-0.39, 0.29) is 6.54 Å². The van der Waals surface area contributed by atoms with E-state index >= 15 is 0 Å². The largest absolute Gasteiger partial charge is 0.391 e. The smallest absolute Gasteiger partial charge is 0.313 e. The average Bonchev–Trinajstić information content (AvgIpc) is 2.42. The highest BCUT2D eigenvalue weighted by Crippen LogP contribution is 2.09. The molecule has 0 saturated carbocycles. The number of nitrogens with one attached hydrogen (secondary N) is 2. The first-order valence-corrected chi connectivity index (χ1v) is 7.75. The van der Waals surface area contributed by atoms with E-state index in [4.69, 9.17) is 0 Å². The quantitative estimate of drug-likeness (QED) is 0.688. The molecule has 0 spiro atoms. The highest BCUT2D eigenvalue weighted by molar-refractivity contribution is 7.98. The Hall–Kier alpha value is -1.53. The molecule has 0 fully saturated rings. The van der Waals surface area contributed by atoms with E-state index in [9.17, 15) is 14.7 Å². The van der Waals surface area contributed by atoms with Crippen molar-refractivity contribution in [1.29, 1.82) is 0 Å². The summed E-state index contributed by atoms with van der Waals surface area (Å²) in [5.74, 6) is -0.658. The van der Waals surface area contributed by atoms with E-state index in [2.05, 4.69) is 10.6 Å². The van der Waals surface area contributed by atoms with Crippen molar-refractivity contribution in [2.75, 3.05) is 23.9 Å². The van der Waals surface area contributed by atoms with Crippen LogP contribution < -0.4 is 10.6 Å². The number of thioether (sulfide) groups is 1. The van der Waals surface area contributed by atoms with Crippen LogP contribution in [0.5, 0.6) is 0 Å². The van der Waals surface area contributed by atoms with Crippen LogP contribution in [0.15, 0.2) is 24.3 Å². The van der Waals surface area contributed by atoms with Gasteiger partial charge in [-0.05, 0) is 43.0 Å². The summed E-state index contributed by atoms with van der Waals surface area (Å²) in [6.07, 6.45) is 1.90. The third-order valence-electron chi connectivity index (χ3n) is 2.64. The van der Waals surface area contributed by atoms with Crippen molar-refractivity contribution < 1.29 is 14.7 Å². The number of hydrogen-bond acceptors (Lipinski definition) is 4. The molecule has 3 N–H and O–H groups in total. The Labute approximate surface area is 123 Å². The van der Waals surface area contributed by atoms with Gasteiger partial charge in [-0.3, -0.25) is 9.59 Å². The topological polar surface area (TPSA) is 78.4 Å². The second-order valence-corrected chi connectivity index (χ2v) is 5.45. The molecule has 0 aliphatic rings. The third kappa shape index (κ3) is 6.08. The molecule has 1 aromatic carbocycles. The van der Waals surface area contributed by atoms with E-state index in [1.165, 1.54) is 0 Å². The van der Waals surface area contributed by atoms with Gasteiger partial charge >= 0.3 is 11.8 Å². The normalized spacial score (nSPS) is 11.8. The van der Waals surface area contributed by atoms with Crippen molar-refractivity contribution in [1.82, 2.24) is 5.32 Å². The molecule has 110 valence electrons. The lowest BCUT2D eigenvalue weighted by molar-refractivity contribution is -0.136. The minimum atomic E-state index is -0.741. The maximum Gasteiger partial charge on any atom is 0.313 e. The number of aliphatic hydroxyl groups excluding tert-OH is 1. The van der Waals surface area contributed by atoms with E-state index in [1.807, 2.05) is 19.2 Å². The summed E-state index contributed by atoms with van der Waals surface area (Å²) in [6, 6.07) is 7.19. The van der Waals surface area contributed by atoms with Crippen LogP contribution in [-0.2, 0) is 9.59 Å². The zero-order valence-corrected chi connectivity index (χ0v) is 12.5. The van der Waals surface area contributed by atoms with Gasteiger partial charge in [-0.1, -0.05) is 12.1 Å². The Morgan fingerprint density at radius 1 is 1.35 bits per heavy atom. The summed E-state index contributed by atoms with van der Waals surface area (Å²) < 4.78 is 0. The summed E-state index contributed by atoms with van der Waals surface area (Å²) in [6.45, 7) is 1.98. The summed E-state index contributed by atoms with van der Waals surface area (Å²) in [7, 11) is 0. The maximum absolute atomic E-state index is 11.6. The minimum absolute atomic E-state index is 0.0840. The number of aryl methyl sites for hydroxylation is 1. The molecule has 0 aliphatic heterocycles. The van der Waals surface area contributed by atoms with Gasteiger partial charge in [0.25, 0.3) is 0 Å². The zero-order valence-electron chi connectivity index (χ0n) is 11.7. The van der Waals surface area contributed by atoms with Crippen molar-refractivity contribution in [2.24, 2.45) is 0 Å². The zero-order chi connectivity index (χ0) is 15.0. The van der Waals surface area contributed by atoms with Gasteiger partial charge in [0.1, 0.15) is 0 Å². The van der Waals surface area contributed by atoms with Crippen molar-refractivity contribution in [3.05, 3.63) is 29.8 Å². The van der Waals surface area contributed by atoms with Crippen molar-refractivity contribution in [3.8, 4) is 0 Å². The molecule has 5 nitrogen and oxygen atoms in total. The Bertz CT molecular complexity index is 465. The molecule has 0 aromatic heterocycles. The molecular formula is C14H20N2O3S. The average molecular weight is 296 g/mol. The molecule has 0 bridgehead atoms. The highest BCUT2D eigenvalue weighted by Gasteiger charge is 2.15. The van der Waals surface area contributed by atoms with Gasteiger partial charge in [-0.25, -0.2) is 0 Å². The molecule has 1 rings (SSSR count). The van der Waals surface area contributed by atoms with E-state index in [0.29, 0.717) is 12.1 Å². The number of hydrogen-bond donors (Lipinski definition) is 3. The lowest BCUT2D eigenvalue weighted by atomic mass is 10.2. The molecule has 0 radical (unpaired) electrons. The number of carbonyl (C=O) groups excluding carboxylic acids is 2. The first kappa shape index (κ1) is 16.5. The van der Waals surface area contributed by atoms with Crippen molar-refractivity contribution in [3.63, 3.8) is 0 Å². The molecule has 2 amide bonds. The number of anilines is 1. The fourth-order valence-electron chi connectivity index (χ4n) is 1.56. The van der Waals surface area contributed by atoms with Gasteiger partial charge in [0, 0.05) is 12.2 Å². The Morgan fingerprint density at radius 2 is 2.10 bits per heavy atom. The maximum atomic E-state index is 11.6. The SMILES string of the molecule is CSCCC(O)CNC(=O)C(=O)Nc1cccc(C)c1. The van der Waals surface area contributed by atoms with Crippen LogP contribution in [0.1, 0.15) is 12.0 Å². The van der Waals surface area contributed by atoms with Crippen LogP contribution in [0.3, 0.4) is 0 Å². The summed E-state index contributed by atoms with van der Waals surface area (Å²) in [5, 5.41) is 14.5. The third-order valence-corrected chi connectivity index (χ3v) is 3.28. The van der Waals surface area contributed by atoms with E-state index in [0.717, 1.165) is 11.3 Å². The fourth-order valence-corrected chi connectivity index (χ4v) is 2.07. The van der Waals surface area contributed by atoms with Gasteiger partial charge in [-0.15, -0.1) is 0 Å². The van der Waals surface area contributed by atoms with Crippen LogP contribution in [-0.4, -0.2) is 41.6 Å². The van der Waals surface area contributed by atoms with Crippen LogP contribution in [0.25, 0.3) is 0 Å². The van der Waals surface area contributed by atoms with Crippen LogP contribution in [0, 0.1) is 6.92 Å². The van der Waals surface area contributed by atoms with Gasteiger partial charge < -0.3 is 15.7 Å². The number of amides is 2. The molecule has 1 unspecified atom stereocenters. The van der Waals surface area contributed by atoms with Crippen LogP contribution >= 0.6 is 11.8 Å². The molecule has 1 aromatic rings. The lowest BCUT2D eigenvalue weighted by Gasteiger charge is -2.11. The molecule has 20 heavy (non-hydrogen) atoms. The number of rotatable bonds is 6. The van der Waals surface area contributed by atoms with Gasteiger partial charge in [-0.2, -0.15) is 11.8 Å². The summed E-state index contributed by atoms with van der Waals surface area (Å²) in [4.78, 5) is 23.2. The molecule has 0 aliphatic carbocycles. The van der Waals surface area contributed by atoms with Gasteiger partial charge in [0.15, 0.2) is 0 Å². The second-order valence-electron chi connectivity index (χ2n) is 4.47. The number of aliphatic hydroxyl groups is 1. The monoisotopic (exact) mass is 296 g/mol. The fraction of sp³-hybridized carbons (Fsp3) is 0.429. The number of benzene rings is 1. The molecule has 0 heterocycles. The number of carbonyl (C=O) groups is 2. The van der Waals surface area contributed by atoms with Gasteiger partial charge in [0.2, 0.25) is 0 Å². The minimum Gasteiger partial charge on any atom is -0.391 e. The lowest BCUT2D eigenvalue weighted by Crippen LogP contribution is -2.39.